The van der Waals surface area contributed by atoms with E-state index >= 15 is 0 Å². The van der Waals surface area contributed by atoms with E-state index in [1.165, 1.54) is 12.8 Å². The molecule has 0 heterocycles. The Kier molecular flexibility index (Phi) is 2.72. The van der Waals surface area contributed by atoms with Crippen molar-refractivity contribution in [3.63, 3.8) is 0 Å². The first kappa shape index (κ1) is 14.6. The highest BCUT2D eigenvalue weighted by Gasteiger charge is 2.83. The summed E-state index contributed by atoms with van der Waals surface area (Å²) in [5.41, 5.74) is 0.389. The van der Waals surface area contributed by atoms with Crippen molar-refractivity contribution >= 4 is 11.6 Å². The topological polar surface area (TPSA) is 43.4 Å². The SMILES string of the molecule is CO[C@H]1[C@]23CC[C@@H]4[C@H](CC[C@]5(C)C(=O)CC[C@@H]45)[C@]12CCC(=O)C3. The van der Waals surface area contributed by atoms with Crippen molar-refractivity contribution in [3.05, 3.63) is 0 Å². The first-order valence-corrected chi connectivity index (χ1v) is 9.57. The maximum Gasteiger partial charge on any atom is 0.139 e. The zero-order chi connectivity index (χ0) is 16.0. The third-order valence-electron chi connectivity index (χ3n) is 9.11. The predicted molar refractivity (Wildman–Crippen MR) is 85.8 cm³/mol. The lowest BCUT2D eigenvalue weighted by Gasteiger charge is -2.53. The molecule has 0 spiro atoms. The van der Waals surface area contributed by atoms with E-state index in [1.807, 2.05) is 7.11 Å². The molecule has 0 radical (unpaired) electrons. The van der Waals surface area contributed by atoms with Gasteiger partial charge in [0.25, 0.3) is 0 Å². The van der Waals surface area contributed by atoms with Crippen molar-refractivity contribution in [1.82, 2.24) is 0 Å². The lowest BCUT2D eigenvalue weighted by Crippen LogP contribution is -2.49. The molecule has 0 unspecified atom stereocenters. The minimum atomic E-state index is -0.0419. The van der Waals surface area contributed by atoms with Gasteiger partial charge in [-0.1, -0.05) is 6.92 Å². The lowest BCUT2D eigenvalue weighted by atomic mass is 9.50. The zero-order valence-electron chi connectivity index (χ0n) is 14.4. The van der Waals surface area contributed by atoms with Crippen LogP contribution in [0, 0.1) is 34.0 Å². The van der Waals surface area contributed by atoms with Crippen LogP contribution in [0.3, 0.4) is 0 Å². The van der Waals surface area contributed by atoms with Crippen LogP contribution in [0.2, 0.25) is 0 Å². The molecule has 5 saturated carbocycles. The maximum absolute atomic E-state index is 12.5. The number of ether oxygens (including phenoxy) is 1. The molecule has 5 fully saturated rings. The molecule has 3 heteroatoms. The van der Waals surface area contributed by atoms with E-state index in [2.05, 4.69) is 6.92 Å². The van der Waals surface area contributed by atoms with Gasteiger partial charge in [-0.05, 0) is 56.3 Å². The molecule has 0 aromatic rings. The zero-order valence-corrected chi connectivity index (χ0v) is 14.4. The van der Waals surface area contributed by atoms with Gasteiger partial charge in [-0.25, -0.2) is 0 Å². The van der Waals surface area contributed by atoms with Crippen molar-refractivity contribution < 1.29 is 14.3 Å². The number of ketones is 2. The molecule has 0 aliphatic heterocycles. The smallest absolute Gasteiger partial charge is 0.139 e. The van der Waals surface area contributed by atoms with Crippen molar-refractivity contribution in [1.29, 1.82) is 0 Å². The van der Waals surface area contributed by atoms with Gasteiger partial charge in [-0.3, -0.25) is 9.59 Å². The number of hydrogen-bond acceptors (Lipinski definition) is 3. The molecular weight excluding hydrogens is 288 g/mol. The predicted octanol–water partition coefficient (Wildman–Crippen LogP) is 3.55. The molecule has 7 atom stereocenters. The number of rotatable bonds is 1. The van der Waals surface area contributed by atoms with Gasteiger partial charge in [0.05, 0.1) is 6.10 Å². The number of carbonyl (C=O) groups is 2. The summed E-state index contributed by atoms with van der Waals surface area (Å²) in [5, 5.41) is 0. The first-order chi connectivity index (χ1) is 11.0. The second-order valence-corrected chi connectivity index (χ2v) is 9.36. The standard InChI is InChI=1S/C20H28O3/c1-18-8-7-15-13(14(18)3-4-16(18)22)6-9-19-11-12(21)5-10-20(15,19)17(19)23-2/h13-15,17H,3-11H2,1-2H3/t13-,14-,15-,17-,18-,19+,20+/m0/s1. The van der Waals surface area contributed by atoms with E-state index in [9.17, 15) is 9.59 Å². The molecule has 5 aliphatic carbocycles. The van der Waals surface area contributed by atoms with Crippen LogP contribution in [0.1, 0.15) is 64.7 Å². The minimum Gasteiger partial charge on any atom is -0.380 e. The summed E-state index contributed by atoms with van der Waals surface area (Å²) in [6.45, 7) is 2.24. The Bertz CT molecular complexity index is 598. The molecule has 126 valence electrons. The number of fused-ring (bicyclic) bond motifs is 3. The Morgan fingerprint density at radius 3 is 2.61 bits per heavy atom. The third-order valence-corrected chi connectivity index (χ3v) is 9.11. The average molecular weight is 316 g/mol. The second-order valence-electron chi connectivity index (χ2n) is 9.36. The Labute approximate surface area is 138 Å². The summed E-state index contributed by atoms with van der Waals surface area (Å²) in [5.74, 6) is 2.96. The van der Waals surface area contributed by atoms with Gasteiger partial charge in [0, 0.05) is 42.6 Å². The van der Waals surface area contributed by atoms with Crippen LogP contribution in [-0.4, -0.2) is 24.8 Å². The van der Waals surface area contributed by atoms with Crippen LogP contribution < -0.4 is 0 Å². The van der Waals surface area contributed by atoms with Crippen LogP contribution in [0.4, 0.5) is 0 Å². The Hall–Kier alpha value is -0.700. The van der Waals surface area contributed by atoms with Gasteiger partial charge in [-0.2, -0.15) is 0 Å². The molecule has 0 bridgehead atoms. The van der Waals surface area contributed by atoms with Crippen LogP contribution in [0.25, 0.3) is 0 Å². The molecule has 3 nitrogen and oxygen atoms in total. The summed E-state index contributed by atoms with van der Waals surface area (Å²) in [6, 6.07) is 0. The normalized spacial score (nSPS) is 57.3. The van der Waals surface area contributed by atoms with Crippen LogP contribution in [0.15, 0.2) is 0 Å². The van der Waals surface area contributed by atoms with Gasteiger partial charge in [0.15, 0.2) is 0 Å². The number of methoxy groups -OCH3 is 1. The highest BCUT2D eigenvalue weighted by Crippen LogP contribution is 2.82. The fourth-order valence-electron chi connectivity index (χ4n) is 8.24. The highest BCUT2D eigenvalue weighted by molar-refractivity contribution is 5.87. The number of hydrogen-bond donors (Lipinski definition) is 0. The summed E-state index contributed by atoms with van der Waals surface area (Å²) < 4.78 is 5.97. The van der Waals surface area contributed by atoms with Crippen molar-refractivity contribution in [2.45, 2.75) is 70.8 Å². The second kappa shape index (κ2) is 4.28. The fraction of sp³-hybridized carbons (Fsp3) is 0.900. The largest absolute Gasteiger partial charge is 0.380 e. The molecular formula is C20H28O3. The van der Waals surface area contributed by atoms with Gasteiger partial charge in [0.1, 0.15) is 11.6 Å². The van der Waals surface area contributed by atoms with Crippen LogP contribution in [0.5, 0.6) is 0 Å². The molecule has 0 aromatic carbocycles. The quantitative estimate of drug-likeness (QED) is 0.743. The average Bonchev–Trinajstić information content (AvgIpc) is 3.02. The molecule has 0 aromatic heterocycles. The third kappa shape index (κ3) is 1.44. The Balaban J connectivity index is 1.54. The van der Waals surface area contributed by atoms with E-state index in [1.54, 1.807) is 0 Å². The van der Waals surface area contributed by atoms with E-state index in [0.717, 1.165) is 44.9 Å². The van der Waals surface area contributed by atoms with Crippen LogP contribution in [-0.2, 0) is 14.3 Å². The van der Waals surface area contributed by atoms with Gasteiger partial charge < -0.3 is 4.74 Å². The monoisotopic (exact) mass is 316 g/mol. The van der Waals surface area contributed by atoms with Crippen molar-refractivity contribution in [2.24, 2.45) is 34.0 Å². The van der Waals surface area contributed by atoms with Crippen LogP contribution >= 0.6 is 0 Å². The number of Topliss-reactive ketones (excluding diaryl/α,β-unsaturated/α-hetero) is 2. The van der Waals surface area contributed by atoms with E-state index < -0.39 is 0 Å². The maximum atomic E-state index is 12.5. The van der Waals surface area contributed by atoms with Gasteiger partial charge >= 0.3 is 0 Å². The highest BCUT2D eigenvalue weighted by atomic mass is 16.5. The Morgan fingerprint density at radius 1 is 1.00 bits per heavy atom. The summed E-state index contributed by atoms with van der Waals surface area (Å²) in [6.07, 6.45) is 9.39. The molecule has 5 rings (SSSR count). The van der Waals surface area contributed by atoms with Crippen molar-refractivity contribution in [2.75, 3.05) is 7.11 Å². The van der Waals surface area contributed by atoms with Gasteiger partial charge in [-0.15, -0.1) is 0 Å². The first-order valence-electron chi connectivity index (χ1n) is 9.57. The van der Waals surface area contributed by atoms with Crippen molar-refractivity contribution in [3.8, 4) is 0 Å². The van der Waals surface area contributed by atoms with Gasteiger partial charge in [0.2, 0.25) is 0 Å². The number of carbonyl (C=O) groups excluding carboxylic acids is 2. The molecule has 0 N–H and O–H groups in total. The molecule has 0 saturated heterocycles. The summed E-state index contributed by atoms with van der Waals surface area (Å²) in [4.78, 5) is 24.6. The fourth-order valence-corrected chi connectivity index (χ4v) is 8.24. The lowest BCUT2D eigenvalue weighted by molar-refractivity contribution is -0.134. The molecule has 23 heavy (non-hydrogen) atoms. The molecule has 5 aliphatic rings. The summed E-state index contributed by atoms with van der Waals surface area (Å²) in [7, 11) is 1.85. The van der Waals surface area contributed by atoms with E-state index in [0.29, 0.717) is 35.4 Å². The Morgan fingerprint density at radius 2 is 1.83 bits per heavy atom. The minimum absolute atomic E-state index is 0.0419. The summed E-state index contributed by atoms with van der Waals surface area (Å²) >= 11 is 0. The van der Waals surface area contributed by atoms with E-state index in [-0.39, 0.29) is 16.2 Å². The molecule has 0 amide bonds. The van der Waals surface area contributed by atoms with E-state index in [4.69, 9.17) is 4.74 Å².